The van der Waals surface area contributed by atoms with Crippen LogP contribution in [0.4, 0.5) is 0 Å². The fourth-order valence-electron chi connectivity index (χ4n) is 5.09. The van der Waals surface area contributed by atoms with Gasteiger partial charge in [-0.2, -0.15) is 0 Å². The van der Waals surface area contributed by atoms with Crippen LogP contribution in [0.1, 0.15) is 70.7 Å². The zero-order valence-corrected chi connectivity index (χ0v) is 23.6. The van der Waals surface area contributed by atoms with E-state index < -0.39 is 0 Å². The lowest BCUT2D eigenvalue weighted by molar-refractivity contribution is -0.134. The van der Waals surface area contributed by atoms with E-state index in [1.165, 1.54) is 0 Å². The Balaban J connectivity index is 2.12. The second-order valence-electron chi connectivity index (χ2n) is 10.2. The summed E-state index contributed by atoms with van der Waals surface area (Å²) in [5, 5.41) is 0. The molecule has 0 aromatic heterocycles. The average molecular weight is 503 g/mol. The van der Waals surface area contributed by atoms with Crippen LogP contribution in [0.5, 0.6) is 11.5 Å². The number of piperidine rings is 1. The minimum Gasteiger partial charge on any atom is -0.493 e. The highest BCUT2D eigenvalue weighted by Gasteiger charge is 2.35. The van der Waals surface area contributed by atoms with Crippen molar-refractivity contribution in [2.24, 2.45) is 0 Å². The zero-order chi connectivity index (χ0) is 26.8. The molecule has 9 heteroatoms. The van der Waals surface area contributed by atoms with Gasteiger partial charge in [-0.1, -0.05) is 0 Å². The van der Waals surface area contributed by atoms with E-state index in [4.69, 9.17) is 14.2 Å². The molecule has 0 radical (unpaired) electrons. The maximum Gasteiger partial charge on any atom is 0.254 e. The standard InChI is InChI=1S/C27H46BN3O5/c1-8-29(19(2)3)26(32)17-22-11-12-23(18-30(22)28)31(20(4)5)27(33)21-10-13-24(35-7)25(16-21)36-15-9-14-34-6/h10,13,16,19-20,22-23H,8-9,11-12,14-15,17-18,28H2,1-7H3. The van der Waals surface area contributed by atoms with Gasteiger partial charge in [-0.25, -0.2) is 0 Å². The van der Waals surface area contributed by atoms with Crippen LogP contribution in [0.3, 0.4) is 0 Å². The van der Waals surface area contributed by atoms with Gasteiger partial charge in [0.1, 0.15) is 0 Å². The van der Waals surface area contributed by atoms with Crippen molar-refractivity contribution in [1.82, 2.24) is 14.6 Å². The van der Waals surface area contributed by atoms with Gasteiger partial charge in [-0.15, -0.1) is 0 Å². The molecule has 1 aliphatic heterocycles. The van der Waals surface area contributed by atoms with Crippen molar-refractivity contribution in [3.8, 4) is 11.5 Å². The third kappa shape index (κ3) is 7.87. The molecule has 2 unspecified atom stereocenters. The molecule has 1 heterocycles. The number of amides is 2. The van der Waals surface area contributed by atoms with Crippen molar-refractivity contribution in [3.05, 3.63) is 23.8 Å². The number of hydrogen-bond donors (Lipinski definition) is 0. The number of ether oxygens (including phenoxy) is 3. The highest BCUT2D eigenvalue weighted by atomic mass is 16.5. The molecule has 202 valence electrons. The molecule has 1 aliphatic rings. The molecule has 8 nitrogen and oxygen atoms in total. The number of benzene rings is 1. The van der Waals surface area contributed by atoms with E-state index in [0.29, 0.717) is 36.7 Å². The lowest BCUT2D eigenvalue weighted by atomic mass is 9.90. The van der Waals surface area contributed by atoms with E-state index in [0.717, 1.165) is 32.4 Å². The minimum atomic E-state index is -0.0145. The van der Waals surface area contributed by atoms with Gasteiger partial charge in [-0.3, -0.25) is 9.59 Å². The van der Waals surface area contributed by atoms with Crippen molar-refractivity contribution < 1.29 is 23.8 Å². The van der Waals surface area contributed by atoms with Gasteiger partial charge in [0.15, 0.2) is 19.5 Å². The Bertz CT molecular complexity index is 851. The first kappa shape index (κ1) is 30.0. The molecule has 1 fully saturated rings. The van der Waals surface area contributed by atoms with Gasteiger partial charge in [0, 0.05) is 69.4 Å². The first-order chi connectivity index (χ1) is 17.1. The molecule has 0 saturated carbocycles. The number of carbonyl (C=O) groups is 2. The van der Waals surface area contributed by atoms with Crippen molar-refractivity contribution >= 4 is 19.8 Å². The Labute approximate surface area is 218 Å². The topological polar surface area (TPSA) is 71.5 Å². The third-order valence-corrected chi connectivity index (χ3v) is 7.00. The summed E-state index contributed by atoms with van der Waals surface area (Å²) in [6.07, 6.45) is 3.03. The van der Waals surface area contributed by atoms with Crippen molar-refractivity contribution in [3.63, 3.8) is 0 Å². The van der Waals surface area contributed by atoms with E-state index >= 15 is 0 Å². The number of carbonyl (C=O) groups excluding carboxylic acids is 2. The van der Waals surface area contributed by atoms with Gasteiger partial charge >= 0.3 is 0 Å². The smallest absolute Gasteiger partial charge is 0.254 e. The highest BCUT2D eigenvalue weighted by Crippen LogP contribution is 2.31. The fourth-order valence-corrected chi connectivity index (χ4v) is 5.09. The SMILES string of the molecule is BN1CC(N(C(=O)c2ccc(OC)c(OCCCOC)c2)C(C)C)CCC1CC(=O)N(CC)C(C)C. The predicted octanol–water partition coefficient (Wildman–Crippen LogP) is 2.99. The van der Waals surface area contributed by atoms with Crippen LogP contribution in [0, 0.1) is 0 Å². The second-order valence-corrected chi connectivity index (χ2v) is 10.2. The molecule has 0 spiro atoms. The van der Waals surface area contributed by atoms with Crippen LogP contribution in [0.25, 0.3) is 0 Å². The summed E-state index contributed by atoms with van der Waals surface area (Å²) in [4.78, 5) is 32.7. The van der Waals surface area contributed by atoms with E-state index in [-0.39, 0.29) is 36.0 Å². The number of nitrogens with zero attached hydrogens (tertiary/aromatic N) is 3. The quantitative estimate of drug-likeness (QED) is 0.305. The molecule has 0 aliphatic carbocycles. The molecule has 36 heavy (non-hydrogen) atoms. The van der Waals surface area contributed by atoms with Gasteiger partial charge in [-0.05, 0) is 65.7 Å². The summed E-state index contributed by atoms with van der Waals surface area (Å²) in [5.41, 5.74) is 0.585. The van der Waals surface area contributed by atoms with Gasteiger partial charge in [0.05, 0.1) is 13.7 Å². The Hall–Kier alpha value is -2.26. The first-order valence-electron chi connectivity index (χ1n) is 13.3. The summed E-state index contributed by atoms with van der Waals surface area (Å²) in [7, 11) is 5.33. The van der Waals surface area contributed by atoms with Gasteiger partial charge in [0.2, 0.25) is 5.91 Å². The van der Waals surface area contributed by atoms with E-state index in [9.17, 15) is 9.59 Å². The molecule has 0 N–H and O–H groups in total. The summed E-state index contributed by atoms with van der Waals surface area (Å²) in [5.74, 6) is 1.36. The highest BCUT2D eigenvalue weighted by molar-refractivity contribution is 6.05. The molecule has 1 aromatic carbocycles. The Morgan fingerprint density at radius 2 is 1.81 bits per heavy atom. The Morgan fingerprint density at radius 3 is 2.36 bits per heavy atom. The Morgan fingerprint density at radius 1 is 1.08 bits per heavy atom. The van der Waals surface area contributed by atoms with Crippen LogP contribution in [-0.4, -0.2) is 99.1 Å². The summed E-state index contributed by atoms with van der Waals surface area (Å²) >= 11 is 0. The number of hydrogen-bond acceptors (Lipinski definition) is 6. The Kier molecular flexibility index (Phi) is 12.1. The number of rotatable bonds is 13. The van der Waals surface area contributed by atoms with Gasteiger partial charge < -0.3 is 28.8 Å². The summed E-state index contributed by atoms with van der Waals surface area (Å²) < 4.78 is 16.4. The van der Waals surface area contributed by atoms with Crippen molar-refractivity contribution in [2.75, 3.05) is 40.5 Å². The molecular formula is C27H46BN3O5. The van der Waals surface area contributed by atoms with Crippen LogP contribution in [-0.2, 0) is 9.53 Å². The molecule has 1 aromatic rings. The minimum absolute atomic E-state index is 0.0145. The van der Waals surface area contributed by atoms with Crippen molar-refractivity contribution in [2.45, 2.75) is 84.5 Å². The molecule has 0 bridgehead atoms. The van der Waals surface area contributed by atoms with Crippen LogP contribution in [0.2, 0.25) is 0 Å². The summed E-state index contributed by atoms with van der Waals surface area (Å²) in [6.45, 7) is 12.8. The maximum absolute atomic E-state index is 13.7. The molecule has 1 saturated heterocycles. The van der Waals surface area contributed by atoms with E-state index in [2.05, 4.69) is 40.5 Å². The second kappa shape index (κ2) is 14.5. The van der Waals surface area contributed by atoms with Crippen LogP contribution < -0.4 is 9.47 Å². The van der Waals surface area contributed by atoms with Crippen LogP contribution >= 0.6 is 0 Å². The lowest BCUT2D eigenvalue weighted by Crippen LogP contribution is -2.55. The molecule has 2 amide bonds. The summed E-state index contributed by atoms with van der Waals surface area (Å²) in [6, 6.07) is 5.89. The monoisotopic (exact) mass is 503 g/mol. The van der Waals surface area contributed by atoms with E-state index in [1.807, 2.05) is 16.7 Å². The first-order valence-corrected chi connectivity index (χ1v) is 13.3. The zero-order valence-electron chi connectivity index (χ0n) is 23.6. The molecule has 2 rings (SSSR count). The predicted molar refractivity (Wildman–Crippen MR) is 145 cm³/mol. The fraction of sp³-hybridized carbons (Fsp3) is 0.704. The third-order valence-electron chi connectivity index (χ3n) is 7.00. The largest absolute Gasteiger partial charge is 0.493 e. The van der Waals surface area contributed by atoms with E-state index in [1.54, 1.807) is 32.4 Å². The molecular weight excluding hydrogens is 457 g/mol. The average Bonchev–Trinajstić information content (AvgIpc) is 2.83. The molecule has 2 atom stereocenters. The van der Waals surface area contributed by atoms with Crippen molar-refractivity contribution in [1.29, 1.82) is 0 Å². The van der Waals surface area contributed by atoms with Crippen LogP contribution in [0.15, 0.2) is 18.2 Å². The normalized spacial score (nSPS) is 18.4. The number of methoxy groups -OCH3 is 2. The van der Waals surface area contributed by atoms with Gasteiger partial charge in [0.25, 0.3) is 5.91 Å². The maximum atomic E-state index is 13.7. The lowest BCUT2D eigenvalue weighted by Gasteiger charge is -2.44.